The van der Waals surface area contributed by atoms with Crippen molar-refractivity contribution in [2.75, 3.05) is 92.5 Å². The van der Waals surface area contributed by atoms with E-state index in [2.05, 4.69) is 92.1 Å². The van der Waals surface area contributed by atoms with Gasteiger partial charge in [0.05, 0.1) is 50.5 Å². The molecule has 0 spiro atoms. The minimum absolute atomic E-state index is 0.0326. The lowest BCUT2D eigenvalue weighted by Gasteiger charge is -2.35. The van der Waals surface area contributed by atoms with Crippen molar-refractivity contribution in [3.05, 3.63) is 226 Å². The van der Waals surface area contributed by atoms with Gasteiger partial charge in [-0.05, 0) is 86.8 Å². The summed E-state index contributed by atoms with van der Waals surface area (Å²) in [6, 6.07) is 14.1. The number of benzene rings is 2. The minimum Gasteiger partial charge on any atom is -0.463 e. The maximum atomic E-state index is 11.6. The normalized spacial score (nSPS) is 9.95. The Kier molecular flexibility index (Phi) is 57.7. The summed E-state index contributed by atoms with van der Waals surface area (Å²) in [5.41, 5.74) is -1.16. The summed E-state index contributed by atoms with van der Waals surface area (Å²) in [6.07, 6.45) is 20.2. The van der Waals surface area contributed by atoms with Crippen LogP contribution in [0.4, 0.5) is 0 Å². The van der Waals surface area contributed by atoms with Crippen LogP contribution in [0, 0.1) is 16.2 Å². The van der Waals surface area contributed by atoms with E-state index in [1.165, 1.54) is 0 Å². The molecule has 0 aliphatic heterocycles. The van der Waals surface area contributed by atoms with Crippen LogP contribution in [-0.2, 0) is 129 Å². The number of hydrogen-bond donors (Lipinski definition) is 0. The Morgan fingerprint density at radius 3 is 0.591 bits per heavy atom. The Balaban J connectivity index is -0.00000134. The molecule has 29 nitrogen and oxygen atoms in total. The number of hydrogen-bond acceptors (Lipinski definition) is 29. The molecule has 0 bridgehead atoms. The molecule has 0 saturated heterocycles. The van der Waals surface area contributed by atoms with E-state index in [9.17, 15) is 67.1 Å². The predicted molar refractivity (Wildman–Crippen MR) is 404 cm³/mol. The van der Waals surface area contributed by atoms with Gasteiger partial charge in [-0.25, -0.2) is 67.1 Å². The quantitative estimate of drug-likeness (QED) is 0.0195. The van der Waals surface area contributed by atoms with Gasteiger partial charge in [-0.15, -0.1) is 0 Å². The maximum Gasteiger partial charge on any atom is 0.335 e. The van der Waals surface area contributed by atoms with Crippen molar-refractivity contribution < 1.29 is 138 Å². The van der Waals surface area contributed by atoms with E-state index in [-0.39, 0.29) is 78.0 Å². The van der Waals surface area contributed by atoms with Gasteiger partial charge in [0.2, 0.25) is 0 Å². The van der Waals surface area contributed by atoms with Crippen molar-refractivity contribution >= 4 is 83.6 Å². The first kappa shape index (κ1) is 102. The van der Waals surface area contributed by atoms with Crippen molar-refractivity contribution in [3.63, 3.8) is 0 Å². The van der Waals surface area contributed by atoms with Gasteiger partial charge in [-0.2, -0.15) is 0 Å². The average molecular weight is 1540 g/mol. The summed E-state index contributed by atoms with van der Waals surface area (Å²) in [6.45, 7) is 49.6. The summed E-state index contributed by atoms with van der Waals surface area (Å²) in [5.74, 6) is -7.30. The van der Waals surface area contributed by atoms with Crippen LogP contribution in [-0.4, -0.2) is 176 Å². The molecule has 0 heterocycles. The third-order valence-electron chi connectivity index (χ3n) is 13.8. The van der Waals surface area contributed by atoms with Crippen molar-refractivity contribution in [1.82, 2.24) is 0 Å². The van der Waals surface area contributed by atoms with E-state index in [1.54, 1.807) is 24.3 Å². The van der Waals surface area contributed by atoms with Gasteiger partial charge in [0.1, 0.15) is 69.8 Å². The maximum absolute atomic E-state index is 11.6. The number of esters is 14. The summed E-state index contributed by atoms with van der Waals surface area (Å²) in [5, 5.41) is 0. The van der Waals surface area contributed by atoms with Crippen LogP contribution in [0.3, 0.4) is 0 Å². The van der Waals surface area contributed by atoms with Gasteiger partial charge >= 0.3 is 83.6 Å². The molecule has 0 amide bonds. The molecule has 110 heavy (non-hydrogen) atoms. The first-order valence-corrected chi connectivity index (χ1v) is 33.5. The van der Waals surface area contributed by atoms with Gasteiger partial charge in [0, 0.05) is 85.1 Å². The van der Waals surface area contributed by atoms with Gasteiger partial charge in [-0.1, -0.05) is 130 Å². The van der Waals surface area contributed by atoms with E-state index in [0.717, 1.165) is 122 Å². The number of unbranched alkanes of at least 4 members (excludes halogenated alkanes) is 4. The highest BCUT2D eigenvalue weighted by atomic mass is 16.6. The molecule has 0 fully saturated rings. The van der Waals surface area contributed by atoms with Crippen LogP contribution in [0.1, 0.15) is 65.2 Å². The van der Waals surface area contributed by atoms with E-state index in [0.29, 0.717) is 63.6 Å². The second-order valence-corrected chi connectivity index (χ2v) is 22.1. The van der Waals surface area contributed by atoms with E-state index >= 15 is 0 Å². The minimum atomic E-state index is -1.34. The number of carbonyl (C=O) groups is 14. The standard InChI is InChI=1S/C24H34O9.C18H14O4.C17H20O8.C12H18O4.C10H14O4/c1-7-19(25)30-15-23(11-5,16-31-20(26)8-2)13-29-14-24(12-6,17-32-21(27)9-3)18-33-22(28)10-4;1-3-17(19)21-15-9-5-13(6-10-15)14-7-11-16(12-8-14)22-18(20)4-2;1-5-13(18)22-9-17(10-23-14(19)6-2,11-24-15(20)7-3)12-25-16(21)8-4;1-3-11(13)15-9-7-5-6-8-10-16-12(14)4-2;1-3-9(11)13-7-5-6-8-14-10(12)4-2/h7-10H,1-4,11-18H2,5-6H3;3-12H,1-2H2;5-8H,1-4,9-12H2;3-4H,1-2,5-10H2;3-4H,1-2,5-8H2. The average Bonchev–Trinajstić information content (AvgIpc) is 0.861. The number of carbonyl (C=O) groups excluding carboxylic acids is 14. The number of ether oxygens (including phenoxy) is 15. The molecule has 0 saturated carbocycles. The highest BCUT2D eigenvalue weighted by molar-refractivity contribution is 5.87. The van der Waals surface area contributed by atoms with Gasteiger partial charge in [0.25, 0.3) is 0 Å². The van der Waals surface area contributed by atoms with Crippen LogP contribution in [0.25, 0.3) is 11.1 Å². The SMILES string of the molecule is C=CC(=O)OCC(CC)(COCC(CC)(COC(=O)C=C)COC(=O)C=C)COC(=O)C=C.C=CC(=O)OCC(COC(=O)C=C)(COC(=O)C=C)COC(=O)C=C.C=CC(=O)OCCCCCCOC(=O)C=C.C=CC(=O)OCCCCOC(=O)C=C.C=CC(=O)Oc1ccc(-c2ccc(OC(=O)C=C)cc2)cc1. The highest BCUT2D eigenvalue weighted by Crippen LogP contribution is 2.30. The first-order chi connectivity index (χ1) is 52.5. The molecule has 0 N–H and O–H groups in total. The van der Waals surface area contributed by atoms with Crippen molar-refractivity contribution in [1.29, 1.82) is 0 Å². The molecule has 598 valence electrons. The second-order valence-electron chi connectivity index (χ2n) is 22.1. The van der Waals surface area contributed by atoms with Crippen LogP contribution in [0.15, 0.2) is 226 Å². The molecule has 0 aliphatic rings. The van der Waals surface area contributed by atoms with E-state index < -0.39 is 87.9 Å². The fraction of sp³-hybridized carbons (Fsp3) is 0.333. The number of rotatable bonds is 51. The lowest BCUT2D eigenvalue weighted by atomic mass is 9.86. The summed E-state index contributed by atoms with van der Waals surface area (Å²) >= 11 is 0. The molecule has 2 aromatic rings. The Bertz CT molecular complexity index is 3120. The Morgan fingerprint density at radius 2 is 0.409 bits per heavy atom. The summed E-state index contributed by atoms with van der Waals surface area (Å²) < 4.78 is 75.5. The van der Waals surface area contributed by atoms with Gasteiger partial charge in [-0.3, -0.25) is 0 Å². The third-order valence-corrected chi connectivity index (χ3v) is 13.8. The van der Waals surface area contributed by atoms with Crippen LogP contribution < -0.4 is 9.47 Å². The first-order valence-electron chi connectivity index (χ1n) is 33.5. The van der Waals surface area contributed by atoms with E-state index in [4.69, 9.17) is 71.1 Å². The fourth-order valence-corrected chi connectivity index (χ4v) is 7.30. The van der Waals surface area contributed by atoms with Gasteiger partial charge < -0.3 is 71.1 Å². The molecule has 29 heteroatoms. The zero-order valence-corrected chi connectivity index (χ0v) is 62.5. The summed E-state index contributed by atoms with van der Waals surface area (Å²) in [7, 11) is 0. The molecule has 2 rings (SSSR count). The second kappa shape index (κ2) is 62.5. The zero-order chi connectivity index (χ0) is 83.6. The molecule has 0 atom stereocenters. The molecule has 0 unspecified atom stereocenters. The largest absolute Gasteiger partial charge is 0.463 e. The molecule has 2 aromatic carbocycles. The predicted octanol–water partition coefficient (Wildman–Crippen LogP) is 10.4. The summed E-state index contributed by atoms with van der Waals surface area (Å²) in [4.78, 5) is 156. The van der Waals surface area contributed by atoms with Crippen LogP contribution >= 0.6 is 0 Å². The lowest BCUT2D eigenvalue weighted by molar-refractivity contribution is -0.165. The molecular formula is C81H100O29. The Morgan fingerprint density at radius 1 is 0.236 bits per heavy atom. The zero-order valence-electron chi connectivity index (χ0n) is 62.5. The van der Waals surface area contributed by atoms with E-state index in [1.807, 2.05) is 38.1 Å². The van der Waals surface area contributed by atoms with Crippen LogP contribution in [0.2, 0.25) is 0 Å². The monoisotopic (exact) mass is 1540 g/mol. The Hall–Kier alpha value is -12.7. The topological polar surface area (TPSA) is 377 Å². The fourth-order valence-electron chi connectivity index (χ4n) is 7.30. The molecule has 0 aliphatic carbocycles. The molecule has 0 aromatic heterocycles. The van der Waals surface area contributed by atoms with Crippen molar-refractivity contribution in [3.8, 4) is 22.6 Å². The lowest BCUT2D eigenvalue weighted by Crippen LogP contribution is -2.43. The van der Waals surface area contributed by atoms with Crippen LogP contribution in [0.5, 0.6) is 11.5 Å². The molecule has 0 radical (unpaired) electrons. The highest BCUT2D eigenvalue weighted by Gasteiger charge is 2.39. The Labute approximate surface area is 641 Å². The smallest absolute Gasteiger partial charge is 0.335 e. The van der Waals surface area contributed by atoms with Crippen molar-refractivity contribution in [2.24, 2.45) is 16.2 Å². The van der Waals surface area contributed by atoms with Gasteiger partial charge in [0.15, 0.2) is 0 Å². The molecular weight excluding hydrogens is 1440 g/mol. The third kappa shape index (κ3) is 50.7. The van der Waals surface area contributed by atoms with Crippen molar-refractivity contribution in [2.45, 2.75) is 65.2 Å².